The lowest BCUT2D eigenvalue weighted by molar-refractivity contribution is 0.201. The van der Waals surface area contributed by atoms with E-state index in [-0.39, 0.29) is 0 Å². The number of rotatable bonds is 5. The summed E-state index contributed by atoms with van der Waals surface area (Å²) in [5.74, 6) is 1.77. The van der Waals surface area contributed by atoms with Crippen molar-refractivity contribution in [2.45, 2.75) is 59.4 Å². The maximum atomic E-state index is 2.67. The second-order valence-corrected chi connectivity index (χ2v) is 5.19. The molecule has 84 valence electrons. The van der Waals surface area contributed by atoms with Gasteiger partial charge in [0.05, 0.1) is 0 Å². The van der Waals surface area contributed by atoms with Gasteiger partial charge < -0.3 is 4.90 Å². The fourth-order valence-corrected chi connectivity index (χ4v) is 2.50. The van der Waals surface area contributed by atoms with E-state index >= 15 is 0 Å². The van der Waals surface area contributed by atoms with Crippen molar-refractivity contribution in [1.82, 2.24) is 4.90 Å². The Morgan fingerprint density at radius 1 is 1.00 bits per heavy atom. The predicted octanol–water partition coefficient (Wildman–Crippen LogP) is 3.54. The molecule has 0 aromatic heterocycles. The van der Waals surface area contributed by atoms with Crippen LogP contribution in [-0.4, -0.2) is 24.0 Å². The minimum atomic E-state index is 0.807. The fourth-order valence-electron chi connectivity index (χ4n) is 2.50. The lowest BCUT2D eigenvalue weighted by atomic mass is 9.88. The highest BCUT2D eigenvalue weighted by atomic mass is 15.2. The lowest BCUT2D eigenvalue weighted by Crippen LogP contribution is -2.32. The summed E-state index contributed by atoms with van der Waals surface area (Å²) in [5.41, 5.74) is 0. The Labute approximate surface area is 89.9 Å². The van der Waals surface area contributed by atoms with Gasteiger partial charge in [0.2, 0.25) is 0 Å². The standard InChI is InChI=1S/C13H27N/c1-5-11(2)12(3)10-13(4)14-8-6-7-9-14/h11-13H,5-10H2,1-4H3. The highest BCUT2D eigenvalue weighted by molar-refractivity contribution is 4.75. The molecule has 0 aliphatic carbocycles. The Hall–Kier alpha value is -0.0400. The molecule has 1 saturated heterocycles. The molecule has 0 radical (unpaired) electrons. The second-order valence-electron chi connectivity index (χ2n) is 5.19. The van der Waals surface area contributed by atoms with Crippen LogP contribution in [0.15, 0.2) is 0 Å². The minimum absolute atomic E-state index is 0.807. The molecule has 0 bridgehead atoms. The summed E-state index contributed by atoms with van der Waals surface area (Å²) in [6.07, 6.45) is 5.55. The SMILES string of the molecule is CCC(C)C(C)CC(C)N1CCCC1. The van der Waals surface area contributed by atoms with E-state index in [4.69, 9.17) is 0 Å². The Morgan fingerprint density at radius 3 is 2.07 bits per heavy atom. The van der Waals surface area contributed by atoms with Crippen molar-refractivity contribution in [2.24, 2.45) is 11.8 Å². The quantitative estimate of drug-likeness (QED) is 0.651. The van der Waals surface area contributed by atoms with Crippen molar-refractivity contribution >= 4 is 0 Å². The van der Waals surface area contributed by atoms with E-state index in [0.29, 0.717) is 0 Å². The van der Waals surface area contributed by atoms with Gasteiger partial charge in [-0.3, -0.25) is 0 Å². The van der Waals surface area contributed by atoms with E-state index in [1.54, 1.807) is 0 Å². The highest BCUT2D eigenvalue weighted by Crippen LogP contribution is 2.23. The highest BCUT2D eigenvalue weighted by Gasteiger charge is 2.21. The van der Waals surface area contributed by atoms with Gasteiger partial charge in [-0.25, -0.2) is 0 Å². The molecule has 1 aliphatic heterocycles. The summed E-state index contributed by atoms with van der Waals surface area (Å²) in [4.78, 5) is 2.67. The molecule has 1 fully saturated rings. The van der Waals surface area contributed by atoms with E-state index in [1.807, 2.05) is 0 Å². The van der Waals surface area contributed by atoms with Crippen LogP contribution < -0.4 is 0 Å². The summed E-state index contributed by atoms with van der Waals surface area (Å²) < 4.78 is 0. The van der Waals surface area contributed by atoms with E-state index in [2.05, 4.69) is 32.6 Å². The van der Waals surface area contributed by atoms with Crippen molar-refractivity contribution in [3.05, 3.63) is 0 Å². The topological polar surface area (TPSA) is 3.24 Å². The molecule has 1 aliphatic rings. The van der Waals surface area contributed by atoms with Crippen molar-refractivity contribution in [1.29, 1.82) is 0 Å². The monoisotopic (exact) mass is 197 g/mol. The van der Waals surface area contributed by atoms with Crippen LogP contribution in [0.2, 0.25) is 0 Å². The molecule has 1 nitrogen and oxygen atoms in total. The summed E-state index contributed by atoms with van der Waals surface area (Å²) in [6.45, 7) is 12.2. The predicted molar refractivity (Wildman–Crippen MR) is 63.5 cm³/mol. The van der Waals surface area contributed by atoms with Crippen LogP contribution in [-0.2, 0) is 0 Å². The lowest BCUT2D eigenvalue weighted by Gasteiger charge is -2.28. The van der Waals surface area contributed by atoms with E-state index in [9.17, 15) is 0 Å². The van der Waals surface area contributed by atoms with Gasteiger partial charge in [0.1, 0.15) is 0 Å². The first-order valence-electron chi connectivity index (χ1n) is 6.39. The van der Waals surface area contributed by atoms with Crippen molar-refractivity contribution in [3.63, 3.8) is 0 Å². The first kappa shape index (κ1) is 12.0. The Balaban J connectivity index is 2.27. The normalized spacial score (nSPS) is 24.9. The third-order valence-corrected chi connectivity index (χ3v) is 4.09. The van der Waals surface area contributed by atoms with Gasteiger partial charge in [-0.1, -0.05) is 27.2 Å². The fraction of sp³-hybridized carbons (Fsp3) is 1.00. The smallest absolute Gasteiger partial charge is 0.00695 e. The van der Waals surface area contributed by atoms with Gasteiger partial charge in [-0.05, 0) is 51.1 Å². The van der Waals surface area contributed by atoms with Gasteiger partial charge in [0.15, 0.2) is 0 Å². The Bertz CT molecular complexity index is 149. The summed E-state index contributed by atoms with van der Waals surface area (Å²) >= 11 is 0. The molecule has 3 unspecified atom stereocenters. The molecule has 0 aromatic rings. The Morgan fingerprint density at radius 2 is 1.57 bits per heavy atom. The van der Waals surface area contributed by atoms with Crippen molar-refractivity contribution in [3.8, 4) is 0 Å². The van der Waals surface area contributed by atoms with Crippen LogP contribution >= 0.6 is 0 Å². The van der Waals surface area contributed by atoms with Gasteiger partial charge in [0, 0.05) is 6.04 Å². The van der Waals surface area contributed by atoms with Gasteiger partial charge in [0.25, 0.3) is 0 Å². The molecule has 1 heterocycles. The number of likely N-dealkylation sites (tertiary alicyclic amines) is 1. The molecule has 0 aromatic carbocycles. The first-order valence-corrected chi connectivity index (χ1v) is 6.39. The minimum Gasteiger partial charge on any atom is -0.301 e. The van der Waals surface area contributed by atoms with Crippen molar-refractivity contribution in [2.75, 3.05) is 13.1 Å². The van der Waals surface area contributed by atoms with E-state index in [1.165, 1.54) is 38.8 Å². The maximum Gasteiger partial charge on any atom is 0.00695 e. The van der Waals surface area contributed by atoms with E-state index in [0.717, 1.165) is 17.9 Å². The molecular weight excluding hydrogens is 170 g/mol. The van der Waals surface area contributed by atoms with E-state index < -0.39 is 0 Å². The summed E-state index contributed by atoms with van der Waals surface area (Å²) in [5, 5.41) is 0. The van der Waals surface area contributed by atoms with Gasteiger partial charge in [-0.2, -0.15) is 0 Å². The zero-order valence-corrected chi connectivity index (χ0v) is 10.4. The molecule has 0 spiro atoms. The summed E-state index contributed by atoms with van der Waals surface area (Å²) in [7, 11) is 0. The van der Waals surface area contributed by atoms with Crippen LogP contribution in [0.4, 0.5) is 0 Å². The Kier molecular flexibility index (Phi) is 4.94. The van der Waals surface area contributed by atoms with Crippen molar-refractivity contribution < 1.29 is 0 Å². The van der Waals surface area contributed by atoms with Crippen LogP contribution in [0.1, 0.15) is 53.4 Å². The zero-order chi connectivity index (χ0) is 10.6. The molecule has 0 amide bonds. The summed E-state index contributed by atoms with van der Waals surface area (Å²) in [6, 6.07) is 0.807. The number of hydrogen-bond donors (Lipinski definition) is 0. The molecule has 0 saturated carbocycles. The second kappa shape index (κ2) is 5.75. The largest absolute Gasteiger partial charge is 0.301 e. The van der Waals surface area contributed by atoms with Crippen LogP contribution in [0, 0.1) is 11.8 Å². The maximum absolute atomic E-state index is 2.67. The third-order valence-electron chi connectivity index (χ3n) is 4.09. The number of nitrogens with zero attached hydrogens (tertiary/aromatic N) is 1. The third kappa shape index (κ3) is 3.27. The molecule has 1 heteroatoms. The molecule has 0 N–H and O–H groups in total. The van der Waals surface area contributed by atoms with Crippen LogP contribution in [0.3, 0.4) is 0 Å². The average Bonchev–Trinajstić information content (AvgIpc) is 2.69. The molecule has 3 atom stereocenters. The van der Waals surface area contributed by atoms with Gasteiger partial charge >= 0.3 is 0 Å². The van der Waals surface area contributed by atoms with Gasteiger partial charge in [-0.15, -0.1) is 0 Å². The molecule has 14 heavy (non-hydrogen) atoms. The average molecular weight is 197 g/mol. The molecular formula is C13H27N. The van der Waals surface area contributed by atoms with Crippen LogP contribution in [0.5, 0.6) is 0 Å². The zero-order valence-electron chi connectivity index (χ0n) is 10.4. The van der Waals surface area contributed by atoms with Crippen LogP contribution in [0.25, 0.3) is 0 Å². The molecule has 1 rings (SSSR count). The first-order chi connectivity index (χ1) is 6.65. The number of hydrogen-bond acceptors (Lipinski definition) is 1.